The summed E-state index contributed by atoms with van der Waals surface area (Å²) in [4.78, 5) is 13.4. The van der Waals surface area contributed by atoms with Crippen molar-refractivity contribution in [3.63, 3.8) is 0 Å². The summed E-state index contributed by atoms with van der Waals surface area (Å²) >= 11 is 0. The maximum absolute atomic E-state index is 13.4. The van der Waals surface area contributed by atoms with E-state index in [9.17, 15) is 4.79 Å². The molecule has 0 saturated carbocycles. The van der Waals surface area contributed by atoms with E-state index in [1.807, 2.05) is 0 Å². The molecule has 49 heavy (non-hydrogen) atoms. The highest BCUT2D eigenvalue weighted by molar-refractivity contribution is 5.92. The fourth-order valence-corrected chi connectivity index (χ4v) is 6.00. The van der Waals surface area contributed by atoms with Gasteiger partial charge >= 0.3 is 5.97 Å². The highest BCUT2D eigenvalue weighted by atomic mass is 16.5. The molecule has 2 N–H and O–H groups in total. The quantitative estimate of drug-likeness (QED) is 0.0358. The van der Waals surface area contributed by atoms with E-state index in [0.717, 1.165) is 38.5 Å². The van der Waals surface area contributed by atoms with E-state index in [1.54, 1.807) is 36.4 Å². The number of nitrogen functional groups attached to an aromatic ring is 1. The van der Waals surface area contributed by atoms with E-state index in [0.29, 0.717) is 54.1 Å². The van der Waals surface area contributed by atoms with Gasteiger partial charge in [-0.2, -0.15) is 0 Å². The van der Waals surface area contributed by atoms with Crippen molar-refractivity contribution in [2.24, 2.45) is 0 Å². The van der Waals surface area contributed by atoms with E-state index in [-0.39, 0.29) is 0 Å². The predicted molar refractivity (Wildman–Crippen MR) is 207 cm³/mol. The topological polar surface area (TPSA) is 80.0 Å². The molecule has 0 amide bonds. The molecule has 2 aromatic carbocycles. The van der Waals surface area contributed by atoms with Crippen molar-refractivity contribution in [2.45, 2.75) is 175 Å². The van der Waals surface area contributed by atoms with Crippen molar-refractivity contribution in [1.29, 1.82) is 0 Å². The summed E-state index contributed by atoms with van der Waals surface area (Å²) in [6, 6.07) is 10.4. The first-order valence-electron chi connectivity index (χ1n) is 20.2. The fourth-order valence-electron chi connectivity index (χ4n) is 6.00. The van der Waals surface area contributed by atoms with Crippen LogP contribution in [0.1, 0.15) is 185 Å². The van der Waals surface area contributed by atoms with Crippen molar-refractivity contribution in [3.05, 3.63) is 42.0 Å². The van der Waals surface area contributed by atoms with Crippen LogP contribution in [0.2, 0.25) is 0 Å². The molecule has 2 aromatic rings. The Bertz CT molecular complexity index is 1040. The molecule has 0 heterocycles. The number of esters is 1. The lowest BCUT2D eigenvalue weighted by molar-refractivity contribution is 0.0733. The Balaban J connectivity index is 2.11. The number of benzene rings is 2. The van der Waals surface area contributed by atoms with E-state index >= 15 is 0 Å². The van der Waals surface area contributed by atoms with Gasteiger partial charge in [-0.05, 0) is 55.7 Å². The second kappa shape index (κ2) is 28.9. The Morgan fingerprint density at radius 2 is 0.837 bits per heavy atom. The lowest BCUT2D eigenvalue weighted by Crippen LogP contribution is -2.12. The smallest absolute Gasteiger partial charge is 0.343 e. The lowest BCUT2D eigenvalue weighted by atomic mass is 10.1. The van der Waals surface area contributed by atoms with E-state index in [1.165, 1.54) is 116 Å². The Morgan fingerprint density at radius 1 is 0.490 bits per heavy atom. The number of ether oxygens (including phenoxy) is 4. The molecule has 2 rings (SSSR count). The van der Waals surface area contributed by atoms with Crippen LogP contribution < -0.4 is 24.7 Å². The third-order valence-electron chi connectivity index (χ3n) is 9.10. The van der Waals surface area contributed by atoms with Gasteiger partial charge in [-0.15, -0.1) is 0 Å². The summed E-state index contributed by atoms with van der Waals surface area (Å²) in [5, 5.41) is 0. The molecule has 0 aliphatic heterocycles. The van der Waals surface area contributed by atoms with Gasteiger partial charge in [-0.1, -0.05) is 156 Å². The maximum atomic E-state index is 13.4. The van der Waals surface area contributed by atoms with Crippen molar-refractivity contribution >= 4 is 11.7 Å². The molecule has 0 unspecified atom stereocenters. The number of nitrogens with two attached hydrogens (primary N) is 1. The zero-order valence-electron chi connectivity index (χ0n) is 31.7. The molecule has 0 fully saturated rings. The summed E-state index contributed by atoms with van der Waals surface area (Å²) in [5.74, 6) is 1.69. The zero-order valence-corrected chi connectivity index (χ0v) is 31.7. The number of hydrogen-bond donors (Lipinski definition) is 1. The molecule has 278 valence electrons. The van der Waals surface area contributed by atoms with E-state index < -0.39 is 5.97 Å². The van der Waals surface area contributed by atoms with Gasteiger partial charge in [-0.25, -0.2) is 4.79 Å². The van der Waals surface area contributed by atoms with Crippen LogP contribution in [0.3, 0.4) is 0 Å². The summed E-state index contributed by atoms with van der Waals surface area (Å²) in [5.41, 5.74) is 6.84. The van der Waals surface area contributed by atoms with Crippen molar-refractivity contribution < 1.29 is 23.7 Å². The molecule has 6 nitrogen and oxygen atoms in total. The lowest BCUT2D eigenvalue weighted by Gasteiger charge is -2.19. The largest absolute Gasteiger partial charge is 0.490 e. The molecule has 0 saturated heterocycles. The second-order valence-corrected chi connectivity index (χ2v) is 13.7. The molecular formula is C43H71NO5. The number of rotatable bonds is 32. The number of hydrogen-bond acceptors (Lipinski definition) is 6. The van der Waals surface area contributed by atoms with Gasteiger partial charge in [0.25, 0.3) is 0 Å². The average Bonchev–Trinajstić information content (AvgIpc) is 3.11. The van der Waals surface area contributed by atoms with Crippen LogP contribution in [0.4, 0.5) is 5.69 Å². The Hall–Kier alpha value is -2.89. The minimum Gasteiger partial charge on any atom is -0.490 e. The third kappa shape index (κ3) is 20.4. The van der Waals surface area contributed by atoms with Crippen molar-refractivity contribution in [1.82, 2.24) is 0 Å². The van der Waals surface area contributed by atoms with Gasteiger partial charge in [0.05, 0.1) is 25.4 Å². The van der Waals surface area contributed by atoms with Crippen LogP contribution in [-0.4, -0.2) is 25.8 Å². The molecule has 0 aliphatic carbocycles. The molecule has 0 atom stereocenters. The predicted octanol–water partition coefficient (Wildman–Crippen LogP) is 13.0. The summed E-state index contributed by atoms with van der Waals surface area (Å²) in [6.45, 7) is 8.49. The van der Waals surface area contributed by atoms with Gasteiger partial charge in [0.1, 0.15) is 5.75 Å². The number of carbonyl (C=O) groups is 1. The molecule has 0 spiro atoms. The van der Waals surface area contributed by atoms with Crippen LogP contribution in [0, 0.1) is 0 Å². The second-order valence-electron chi connectivity index (χ2n) is 13.7. The number of unbranched alkanes of at least 4 members (excludes halogenated alkanes) is 21. The molecule has 0 bridgehead atoms. The molecular weight excluding hydrogens is 610 g/mol. The number of carbonyl (C=O) groups excluding carboxylic acids is 1. The first kappa shape index (κ1) is 42.3. The van der Waals surface area contributed by atoms with Crippen molar-refractivity contribution in [2.75, 3.05) is 25.6 Å². The van der Waals surface area contributed by atoms with Gasteiger partial charge in [0, 0.05) is 5.69 Å². The van der Waals surface area contributed by atoms with Gasteiger partial charge in [0.15, 0.2) is 11.5 Å². The Kier molecular flexibility index (Phi) is 24.9. The molecule has 0 aliphatic rings. The van der Waals surface area contributed by atoms with Gasteiger partial charge in [-0.3, -0.25) is 0 Å². The molecule has 6 heteroatoms. The van der Waals surface area contributed by atoms with Crippen LogP contribution >= 0.6 is 0 Å². The standard InChI is InChI=1S/C43H71NO5/c1-4-7-10-13-16-19-22-25-32-46-40-35-37(43(45)49-39-30-28-38(44)29-31-39)36-41(47-33-26-23-20-17-14-11-8-5-2)42(40)48-34-27-24-21-18-15-12-9-6-3/h28-31,35-36H,4-27,32-34,44H2,1-3H3. The minimum absolute atomic E-state index is 0.383. The first-order valence-corrected chi connectivity index (χ1v) is 20.2. The molecule has 0 radical (unpaired) electrons. The van der Waals surface area contributed by atoms with Gasteiger partial charge < -0.3 is 24.7 Å². The van der Waals surface area contributed by atoms with Crippen molar-refractivity contribution in [3.8, 4) is 23.0 Å². The molecule has 0 aromatic heterocycles. The monoisotopic (exact) mass is 682 g/mol. The minimum atomic E-state index is -0.465. The van der Waals surface area contributed by atoms with Crippen LogP contribution in [0.25, 0.3) is 0 Å². The maximum Gasteiger partial charge on any atom is 0.343 e. The Labute approximate surface area is 300 Å². The van der Waals surface area contributed by atoms with Gasteiger partial charge in [0.2, 0.25) is 5.75 Å². The Morgan fingerprint density at radius 3 is 1.22 bits per heavy atom. The highest BCUT2D eigenvalue weighted by Crippen LogP contribution is 2.40. The highest BCUT2D eigenvalue weighted by Gasteiger charge is 2.20. The fraction of sp³-hybridized carbons (Fsp3) is 0.698. The summed E-state index contributed by atoms with van der Waals surface area (Å²) in [7, 11) is 0. The van der Waals surface area contributed by atoms with E-state index in [4.69, 9.17) is 24.7 Å². The third-order valence-corrected chi connectivity index (χ3v) is 9.10. The normalized spacial score (nSPS) is 11.1. The SMILES string of the molecule is CCCCCCCCCCOc1cc(C(=O)Oc2ccc(N)cc2)cc(OCCCCCCCCCC)c1OCCCCCCCCCC. The summed E-state index contributed by atoms with van der Waals surface area (Å²) in [6.07, 6.45) is 29.5. The van der Waals surface area contributed by atoms with Crippen LogP contribution in [0.15, 0.2) is 36.4 Å². The first-order chi connectivity index (χ1) is 24.1. The van der Waals surface area contributed by atoms with Crippen LogP contribution in [-0.2, 0) is 0 Å². The number of anilines is 1. The van der Waals surface area contributed by atoms with Crippen LogP contribution in [0.5, 0.6) is 23.0 Å². The zero-order chi connectivity index (χ0) is 35.2. The summed E-state index contributed by atoms with van der Waals surface area (Å²) < 4.78 is 24.9. The average molecular weight is 682 g/mol. The van der Waals surface area contributed by atoms with E-state index in [2.05, 4.69) is 20.8 Å².